The molecule has 0 spiro atoms. The molecule has 0 radical (unpaired) electrons. The van der Waals surface area contributed by atoms with Crippen LogP contribution in [-0.4, -0.2) is 18.2 Å². The average Bonchev–Trinajstić information content (AvgIpc) is 2.81. The number of hydrogen-bond donors (Lipinski definition) is 1. The van der Waals surface area contributed by atoms with Crippen LogP contribution in [0.4, 0.5) is 4.39 Å². The molecular formula is C32H35BrFNO4. The van der Waals surface area contributed by atoms with Gasteiger partial charge in [-0.3, -0.25) is 9.59 Å². The zero-order valence-electron chi connectivity index (χ0n) is 23.2. The molecule has 3 aliphatic rings. The first-order valence-corrected chi connectivity index (χ1v) is 14.3. The second kappa shape index (κ2) is 10.2. The number of carbonyl (C=O) groups is 2. The second-order valence-corrected chi connectivity index (χ2v) is 13.2. The van der Waals surface area contributed by atoms with Crippen molar-refractivity contribution in [2.75, 3.05) is 6.61 Å². The van der Waals surface area contributed by atoms with Gasteiger partial charge in [0.1, 0.15) is 12.4 Å². The number of allylic oxidation sites excluding steroid dienone is 4. The standard InChI is InChI=1S/C32H35BrFNO4/c1-6-38-26-12-19(11-20(33)30(26)39-17-18-9-7-8-10-21(18)34)27-28-22(13-31(2,3)15-24(28)36)35-23-14-32(4,5)16-25(37)29(23)27/h7-12,27,35H,6,13-17H2,1-5H3. The predicted octanol–water partition coefficient (Wildman–Crippen LogP) is 7.54. The maximum Gasteiger partial charge on any atom is 0.175 e. The molecule has 1 aliphatic heterocycles. The Kier molecular flexibility index (Phi) is 7.25. The van der Waals surface area contributed by atoms with Gasteiger partial charge in [0.2, 0.25) is 0 Å². The van der Waals surface area contributed by atoms with Crippen LogP contribution in [0.2, 0.25) is 0 Å². The molecule has 206 valence electrons. The quantitative estimate of drug-likeness (QED) is 0.373. The van der Waals surface area contributed by atoms with Gasteiger partial charge in [0, 0.05) is 46.9 Å². The Morgan fingerprint density at radius 1 is 0.923 bits per heavy atom. The van der Waals surface area contributed by atoms with Crippen molar-refractivity contribution in [1.82, 2.24) is 5.32 Å². The van der Waals surface area contributed by atoms with E-state index in [0.717, 1.165) is 29.8 Å². The molecule has 0 aromatic heterocycles. The number of ether oxygens (including phenoxy) is 2. The monoisotopic (exact) mass is 595 g/mol. The summed E-state index contributed by atoms with van der Waals surface area (Å²) >= 11 is 3.65. The Labute approximate surface area is 238 Å². The molecule has 5 nitrogen and oxygen atoms in total. The van der Waals surface area contributed by atoms with Crippen LogP contribution in [-0.2, 0) is 16.2 Å². The summed E-state index contributed by atoms with van der Waals surface area (Å²) in [7, 11) is 0. The van der Waals surface area contributed by atoms with Crippen molar-refractivity contribution in [3.63, 3.8) is 0 Å². The number of Topliss-reactive ketones (excluding diaryl/α,β-unsaturated/α-hetero) is 2. The van der Waals surface area contributed by atoms with E-state index in [-0.39, 0.29) is 34.8 Å². The highest BCUT2D eigenvalue weighted by Gasteiger charge is 2.46. The number of hydrogen-bond acceptors (Lipinski definition) is 5. The molecule has 2 aliphatic carbocycles. The fourth-order valence-electron chi connectivity index (χ4n) is 6.15. The van der Waals surface area contributed by atoms with Gasteiger partial charge in [-0.25, -0.2) is 4.39 Å². The number of dihydropyridines is 1. The highest BCUT2D eigenvalue weighted by atomic mass is 79.9. The Balaban J connectivity index is 1.62. The van der Waals surface area contributed by atoms with Gasteiger partial charge in [-0.05, 0) is 70.3 Å². The lowest BCUT2D eigenvalue weighted by Crippen LogP contribution is -2.42. The third kappa shape index (κ3) is 5.43. The van der Waals surface area contributed by atoms with Gasteiger partial charge in [-0.15, -0.1) is 0 Å². The summed E-state index contributed by atoms with van der Waals surface area (Å²) in [5.74, 6) is 0.240. The molecule has 1 heterocycles. The Morgan fingerprint density at radius 2 is 1.51 bits per heavy atom. The average molecular weight is 597 g/mol. The van der Waals surface area contributed by atoms with E-state index < -0.39 is 5.92 Å². The third-order valence-electron chi connectivity index (χ3n) is 7.71. The molecule has 0 bridgehead atoms. The van der Waals surface area contributed by atoms with Crippen molar-refractivity contribution in [2.24, 2.45) is 10.8 Å². The summed E-state index contributed by atoms with van der Waals surface area (Å²) in [6, 6.07) is 10.3. The van der Waals surface area contributed by atoms with E-state index in [4.69, 9.17) is 9.47 Å². The molecular weight excluding hydrogens is 561 g/mol. The molecule has 0 amide bonds. The minimum Gasteiger partial charge on any atom is -0.490 e. The number of nitrogens with one attached hydrogen (secondary N) is 1. The van der Waals surface area contributed by atoms with Gasteiger partial charge in [-0.1, -0.05) is 45.9 Å². The lowest BCUT2D eigenvalue weighted by molar-refractivity contribution is -0.119. The maximum atomic E-state index is 14.2. The minimum absolute atomic E-state index is 0.0315. The van der Waals surface area contributed by atoms with Crippen molar-refractivity contribution in [2.45, 2.75) is 72.8 Å². The van der Waals surface area contributed by atoms with Crippen LogP contribution < -0.4 is 14.8 Å². The minimum atomic E-state index is -0.487. The van der Waals surface area contributed by atoms with Crippen molar-refractivity contribution in [1.29, 1.82) is 0 Å². The first-order chi connectivity index (χ1) is 18.4. The Bertz CT molecular complexity index is 1370. The molecule has 0 saturated heterocycles. The van der Waals surface area contributed by atoms with Crippen LogP contribution in [0.3, 0.4) is 0 Å². The van der Waals surface area contributed by atoms with Gasteiger partial charge in [0.05, 0.1) is 11.1 Å². The summed E-state index contributed by atoms with van der Waals surface area (Å²) in [5, 5.41) is 3.55. The van der Waals surface area contributed by atoms with E-state index in [2.05, 4.69) is 48.9 Å². The van der Waals surface area contributed by atoms with Crippen LogP contribution in [0, 0.1) is 16.6 Å². The molecule has 39 heavy (non-hydrogen) atoms. The van der Waals surface area contributed by atoms with Gasteiger partial charge in [-0.2, -0.15) is 0 Å². The molecule has 1 N–H and O–H groups in total. The Morgan fingerprint density at radius 3 is 2.08 bits per heavy atom. The normalized spacial score (nSPS) is 20.4. The van der Waals surface area contributed by atoms with Crippen molar-refractivity contribution < 1.29 is 23.5 Å². The smallest absolute Gasteiger partial charge is 0.175 e. The number of carbonyl (C=O) groups excluding carboxylic acids is 2. The summed E-state index contributed by atoms with van der Waals surface area (Å²) in [4.78, 5) is 27.3. The SMILES string of the molecule is CCOc1cc(C2C3=C(CC(C)(C)CC3=O)NC3=C2C(=O)CC(C)(C)C3)cc(Br)c1OCc1ccccc1F. The van der Waals surface area contributed by atoms with E-state index in [0.29, 0.717) is 52.1 Å². The van der Waals surface area contributed by atoms with E-state index in [9.17, 15) is 14.0 Å². The molecule has 2 aromatic carbocycles. The van der Waals surface area contributed by atoms with Gasteiger partial charge >= 0.3 is 0 Å². The predicted molar refractivity (Wildman–Crippen MR) is 152 cm³/mol. The van der Waals surface area contributed by atoms with E-state index in [1.54, 1.807) is 18.2 Å². The van der Waals surface area contributed by atoms with Crippen LogP contribution in [0.1, 0.15) is 77.3 Å². The first kappa shape index (κ1) is 27.6. The van der Waals surface area contributed by atoms with Crippen molar-refractivity contribution in [3.05, 3.63) is 80.4 Å². The summed E-state index contributed by atoms with van der Waals surface area (Å²) in [6.45, 7) is 10.7. The molecule has 0 saturated carbocycles. The fourth-order valence-corrected chi connectivity index (χ4v) is 6.72. The molecule has 2 aromatic rings. The zero-order valence-corrected chi connectivity index (χ0v) is 24.8. The summed E-state index contributed by atoms with van der Waals surface area (Å²) in [6.07, 6.45) is 2.32. The first-order valence-electron chi connectivity index (χ1n) is 13.5. The number of halogens is 2. The Hall–Kier alpha value is -2.93. The highest BCUT2D eigenvalue weighted by Crippen LogP contribution is 2.52. The van der Waals surface area contributed by atoms with E-state index in [1.165, 1.54) is 6.07 Å². The van der Waals surface area contributed by atoms with Crippen LogP contribution >= 0.6 is 15.9 Å². The van der Waals surface area contributed by atoms with E-state index in [1.807, 2.05) is 19.1 Å². The maximum absolute atomic E-state index is 14.2. The number of ketones is 2. The molecule has 7 heteroatoms. The second-order valence-electron chi connectivity index (χ2n) is 12.4. The summed E-state index contributed by atoms with van der Waals surface area (Å²) in [5.41, 5.74) is 4.09. The topological polar surface area (TPSA) is 64.6 Å². The zero-order chi connectivity index (χ0) is 28.1. The lowest BCUT2D eigenvalue weighted by Gasteiger charge is -2.44. The van der Waals surface area contributed by atoms with Gasteiger partial charge in [0.25, 0.3) is 0 Å². The van der Waals surface area contributed by atoms with Crippen molar-refractivity contribution in [3.8, 4) is 11.5 Å². The van der Waals surface area contributed by atoms with Crippen LogP contribution in [0.25, 0.3) is 0 Å². The van der Waals surface area contributed by atoms with E-state index >= 15 is 0 Å². The molecule has 0 fully saturated rings. The summed E-state index contributed by atoms with van der Waals surface area (Å²) < 4.78 is 26.9. The fraction of sp³-hybridized carbons (Fsp3) is 0.438. The molecule has 5 rings (SSSR count). The number of benzene rings is 2. The number of rotatable bonds is 6. The lowest BCUT2D eigenvalue weighted by atomic mass is 9.64. The van der Waals surface area contributed by atoms with Crippen LogP contribution in [0.5, 0.6) is 11.5 Å². The molecule has 0 atom stereocenters. The third-order valence-corrected chi connectivity index (χ3v) is 8.30. The largest absolute Gasteiger partial charge is 0.490 e. The van der Waals surface area contributed by atoms with Gasteiger partial charge in [0.15, 0.2) is 23.1 Å². The van der Waals surface area contributed by atoms with Crippen LogP contribution in [0.15, 0.2) is 63.4 Å². The van der Waals surface area contributed by atoms with Crippen molar-refractivity contribution >= 4 is 27.5 Å². The van der Waals surface area contributed by atoms with Gasteiger partial charge < -0.3 is 14.8 Å². The highest BCUT2D eigenvalue weighted by molar-refractivity contribution is 9.10. The molecule has 0 unspecified atom stereocenters.